The summed E-state index contributed by atoms with van der Waals surface area (Å²) in [5.41, 5.74) is 2.48. The molecule has 0 unspecified atom stereocenters. The van der Waals surface area contributed by atoms with Gasteiger partial charge in [0.05, 0.1) is 29.5 Å². The highest BCUT2D eigenvalue weighted by atomic mass is 16.2. The molecule has 8 nitrogen and oxygen atoms in total. The largest absolute Gasteiger partial charge is 0.323 e. The molecule has 4 aliphatic rings. The topological polar surface area (TPSA) is 93.8 Å². The molecule has 0 radical (unpaired) electrons. The van der Waals surface area contributed by atoms with Gasteiger partial charge in [0.15, 0.2) is 0 Å². The second kappa shape index (κ2) is 6.96. The second-order valence-corrected chi connectivity index (χ2v) is 9.89. The van der Waals surface area contributed by atoms with Gasteiger partial charge in [0, 0.05) is 20.5 Å². The minimum Gasteiger partial charge on any atom is -0.323 e. The number of nitrogens with zero attached hydrogens (tertiary/aromatic N) is 4. The first-order valence-corrected chi connectivity index (χ1v) is 10.9. The summed E-state index contributed by atoms with van der Waals surface area (Å²) in [4.78, 5) is 25.9. The first-order chi connectivity index (χ1) is 14.3. The van der Waals surface area contributed by atoms with E-state index in [-0.39, 0.29) is 17.2 Å². The van der Waals surface area contributed by atoms with Crippen LogP contribution in [0.15, 0.2) is 12.4 Å². The highest BCUT2D eigenvalue weighted by Gasteiger charge is 2.51. The molecule has 2 amide bonds. The van der Waals surface area contributed by atoms with Gasteiger partial charge < -0.3 is 10.6 Å². The van der Waals surface area contributed by atoms with Crippen molar-refractivity contribution in [2.24, 2.45) is 37.3 Å². The Bertz CT molecular complexity index is 968. The Morgan fingerprint density at radius 1 is 0.967 bits per heavy atom. The van der Waals surface area contributed by atoms with Crippen LogP contribution in [-0.4, -0.2) is 31.4 Å². The molecule has 0 saturated heterocycles. The highest BCUT2D eigenvalue weighted by molar-refractivity contribution is 6.09. The van der Waals surface area contributed by atoms with E-state index in [9.17, 15) is 9.59 Å². The molecule has 4 fully saturated rings. The average Bonchev–Trinajstić information content (AvgIpc) is 3.16. The van der Waals surface area contributed by atoms with Gasteiger partial charge in [0.2, 0.25) is 5.91 Å². The Morgan fingerprint density at radius 3 is 2.10 bits per heavy atom. The number of amides is 2. The molecule has 2 aromatic heterocycles. The first kappa shape index (κ1) is 19.3. The molecule has 0 atom stereocenters. The van der Waals surface area contributed by atoms with Crippen molar-refractivity contribution in [1.82, 2.24) is 19.6 Å². The molecule has 8 heteroatoms. The Balaban J connectivity index is 1.29. The van der Waals surface area contributed by atoms with E-state index in [1.807, 2.05) is 14.0 Å². The maximum atomic E-state index is 13.0. The summed E-state index contributed by atoms with van der Waals surface area (Å²) in [7, 11) is 3.53. The molecule has 4 aliphatic carbocycles. The minimum atomic E-state index is -0.309. The minimum absolute atomic E-state index is 0.00319. The number of nitrogens with one attached hydrogen (secondary N) is 2. The van der Waals surface area contributed by atoms with E-state index in [2.05, 4.69) is 20.8 Å². The quantitative estimate of drug-likeness (QED) is 0.791. The number of rotatable bonds is 5. The summed E-state index contributed by atoms with van der Waals surface area (Å²) in [6, 6.07) is 0. The lowest BCUT2D eigenvalue weighted by atomic mass is 9.49. The molecule has 6 rings (SSSR count). The lowest BCUT2D eigenvalue weighted by Gasteiger charge is -2.56. The Morgan fingerprint density at radius 2 is 1.53 bits per heavy atom. The van der Waals surface area contributed by atoms with E-state index in [4.69, 9.17) is 0 Å². The molecule has 2 heterocycles. The summed E-state index contributed by atoms with van der Waals surface area (Å²) < 4.78 is 3.20. The molecule has 4 saturated carbocycles. The van der Waals surface area contributed by atoms with Gasteiger partial charge in [-0.15, -0.1) is 0 Å². The zero-order valence-corrected chi connectivity index (χ0v) is 17.9. The molecular weight excluding hydrogens is 380 g/mol. The van der Waals surface area contributed by atoms with Gasteiger partial charge in [0.25, 0.3) is 5.91 Å². The van der Waals surface area contributed by atoms with Gasteiger partial charge in [0.1, 0.15) is 5.69 Å². The first-order valence-electron chi connectivity index (χ1n) is 10.9. The van der Waals surface area contributed by atoms with Crippen LogP contribution in [0.5, 0.6) is 0 Å². The number of carbonyl (C=O) groups is 2. The van der Waals surface area contributed by atoms with E-state index < -0.39 is 0 Å². The fourth-order valence-corrected chi connectivity index (χ4v) is 6.64. The van der Waals surface area contributed by atoms with E-state index in [1.165, 1.54) is 43.2 Å². The van der Waals surface area contributed by atoms with E-state index in [0.29, 0.717) is 23.5 Å². The third kappa shape index (κ3) is 3.32. The van der Waals surface area contributed by atoms with Crippen LogP contribution in [-0.2, 0) is 18.9 Å². The van der Waals surface area contributed by atoms with E-state index >= 15 is 0 Å². The van der Waals surface area contributed by atoms with Crippen LogP contribution in [0.2, 0.25) is 0 Å². The number of hydrogen-bond donors (Lipinski definition) is 2. The van der Waals surface area contributed by atoms with Crippen LogP contribution in [0.4, 0.5) is 11.4 Å². The van der Waals surface area contributed by atoms with Gasteiger partial charge in [-0.05, 0) is 68.6 Å². The number of aryl methyl sites for hydroxylation is 2. The second-order valence-electron chi connectivity index (χ2n) is 9.89. The standard InChI is InChI=1S/C22H30N6O2/c1-13-17(11-23-27(13)2)26-21(30)20-18(12-24-28(20)3)25-19(29)10-22-7-14-4-15(8-22)6-16(5-14)9-22/h11-12,14-16H,4-10H2,1-3H3,(H,25,29)(H,26,30). The number of anilines is 2. The van der Waals surface area contributed by atoms with Gasteiger partial charge in [-0.2, -0.15) is 10.2 Å². The molecule has 2 N–H and O–H groups in total. The maximum Gasteiger partial charge on any atom is 0.276 e. The van der Waals surface area contributed by atoms with Crippen molar-refractivity contribution in [2.45, 2.75) is 51.9 Å². The third-order valence-electron chi connectivity index (χ3n) is 7.61. The lowest BCUT2D eigenvalue weighted by Crippen LogP contribution is -2.47. The SMILES string of the molecule is Cc1c(NC(=O)c2c(NC(=O)CC34CC5CC(CC(C5)C3)C4)cnn2C)cnn1C. The van der Waals surface area contributed by atoms with Crippen LogP contribution in [0, 0.1) is 30.1 Å². The van der Waals surface area contributed by atoms with Crippen molar-refractivity contribution in [3.05, 3.63) is 23.8 Å². The molecular formula is C22H30N6O2. The summed E-state index contributed by atoms with van der Waals surface area (Å²) in [6.45, 7) is 1.89. The van der Waals surface area contributed by atoms with Crippen molar-refractivity contribution in [2.75, 3.05) is 10.6 Å². The predicted octanol–water partition coefficient (Wildman–Crippen LogP) is 3.26. The van der Waals surface area contributed by atoms with E-state index in [0.717, 1.165) is 23.4 Å². The van der Waals surface area contributed by atoms with Gasteiger partial charge >= 0.3 is 0 Å². The fraction of sp³-hybridized carbons (Fsp3) is 0.636. The monoisotopic (exact) mass is 410 g/mol. The predicted molar refractivity (Wildman–Crippen MR) is 113 cm³/mol. The third-order valence-corrected chi connectivity index (χ3v) is 7.61. The van der Waals surface area contributed by atoms with Gasteiger partial charge in [-0.1, -0.05) is 0 Å². The Kier molecular flexibility index (Phi) is 4.48. The normalized spacial score (nSPS) is 29.2. The van der Waals surface area contributed by atoms with Crippen molar-refractivity contribution >= 4 is 23.2 Å². The number of carbonyl (C=O) groups excluding carboxylic acids is 2. The van der Waals surface area contributed by atoms with Crippen LogP contribution < -0.4 is 10.6 Å². The van der Waals surface area contributed by atoms with Crippen molar-refractivity contribution < 1.29 is 9.59 Å². The van der Waals surface area contributed by atoms with Crippen molar-refractivity contribution in [3.63, 3.8) is 0 Å². The Hall–Kier alpha value is -2.64. The van der Waals surface area contributed by atoms with Crippen molar-refractivity contribution in [1.29, 1.82) is 0 Å². The van der Waals surface area contributed by atoms with Gasteiger partial charge in [-0.3, -0.25) is 19.0 Å². The van der Waals surface area contributed by atoms with E-state index in [1.54, 1.807) is 24.1 Å². The van der Waals surface area contributed by atoms with Crippen LogP contribution >= 0.6 is 0 Å². The molecule has 0 spiro atoms. The molecule has 0 aliphatic heterocycles. The van der Waals surface area contributed by atoms with Crippen LogP contribution in [0.25, 0.3) is 0 Å². The summed E-state index contributed by atoms with van der Waals surface area (Å²) in [5, 5.41) is 14.2. The lowest BCUT2D eigenvalue weighted by molar-refractivity contribution is -0.124. The smallest absolute Gasteiger partial charge is 0.276 e. The molecule has 30 heavy (non-hydrogen) atoms. The summed E-state index contributed by atoms with van der Waals surface area (Å²) >= 11 is 0. The molecule has 4 bridgehead atoms. The molecule has 2 aromatic rings. The summed E-state index contributed by atoms with van der Waals surface area (Å²) in [6.07, 6.45) is 11.4. The maximum absolute atomic E-state index is 13.0. The number of aromatic nitrogens is 4. The summed E-state index contributed by atoms with van der Waals surface area (Å²) in [5.74, 6) is 2.12. The number of hydrogen-bond acceptors (Lipinski definition) is 4. The van der Waals surface area contributed by atoms with Gasteiger partial charge in [-0.25, -0.2) is 0 Å². The zero-order valence-electron chi connectivity index (χ0n) is 17.9. The van der Waals surface area contributed by atoms with Crippen molar-refractivity contribution in [3.8, 4) is 0 Å². The zero-order chi connectivity index (χ0) is 21.0. The van der Waals surface area contributed by atoms with Crippen LogP contribution in [0.1, 0.15) is 61.1 Å². The fourth-order valence-electron chi connectivity index (χ4n) is 6.64. The van der Waals surface area contributed by atoms with Crippen LogP contribution in [0.3, 0.4) is 0 Å². The molecule has 0 aromatic carbocycles. The molecule has 160 valence electrons. The average molecular weight is 411 g/mol. The highest BCUT2D eigenvalue weighted by Crippen LogP contribution is 2.61. The Labute approximate surface area is 176 Å².